The number of rotatable bonds is 4. The SMILES string of the molecule is NC(=S)N/N=C/c1ccc(OC(=O)c2cccc3ccccc23)c(Br)c1. The monoisotopic (exact) mass is 427 g/mol. The number of esters is 1. The summed E-state index contributed by atoms with van der Waals surface area (Å²) in [6, 6.07) is 18.4. The van der Waals surface area contributed by atoms with Gasteiger partial charge in [-0.2, -0.15) is 5.10 Å². The van der Waals surface area contributed by atoms with Gasteiger partial charge in [-0.15, -0.1) is 0 Å². The van der Waals surface area contributed by atoms with Crippen molar-refractivity contribution >= 4 is 56.2 Å². The molecule has 0 aliphatic heterocycles. The molecule has 3 rings (SSSR count). The number of nitrogens with two attached hydrogens (primary N) is 1. The van der Waals surface area contributed by atoms with Crippen molar-refractivity contribution in [1.82, 2.24) is 5.43 Å². The molecule has 26 heavy (non-hydrogen) atoms. The van der Waals surface area contributed by atoms with Gasteiger partial charge in [-0.3, -0.25) is 5.43 Å². The van der Waals surface area contributed by atoms with Crippen molar-refractivity contribution in [3.63, 3.8) is 0 Å². The van der Waals surface area contributed by atoms with Crippen LogP contribution >= 0.6 is 28.1 Å². The van der Waals surface area contributed by atoms with Crippen molar-refractivity contribution in [3.05, 3.63) is 76.3 Å². The second-order valence-corrected chi connectivity index (χ2v) is 6.63. The maximum absolute atomic E-state index is 12.6. The van der Waals surface area contributed by atoms with Crippen LogP contribution < -0.4 is 15.9 Å². The van der Waals surface area contributed by atoms with E-state index in [-0.39, 0.29) is 5.11 Å². The Morgan fingerprint density at radius 1 is 1.15 bits per heavy atom. The number of ether oxygens (including phenoxy) is 1. The highest BCUT2D eigenvalue weighted by molar-refractivity contribution is 9.10. The predicted octanol–water partition coefficient (Wildman–Crippen LogP) is 3.99. The number of nitrogens with zero attached hydrogens (tertiary/aromatic N) is 1. The first-order valence-corrected chi connectivity index (χ1v) is 8.83. The summed E-state index contributed by atoms with van der Waals surface area (Å²) >= 11 is 8.08. The maximum Gasteiger partial charge on any atom is 0.344 e. The third-order valence-electron chi connectivity index (χ3n) is 3.56. The molecule has 0 spiro atoms. The first-order chi connectivity index (χ1) is 12.5. The molecular formula is C19H14BrN3O2S. The molecule has 3 aromatic rings. The molecule has 0 unspecified atom stereocenters. The number of hydrazone groups is 1. The van der Waals surface area contributed by atoms with Gasteiger partial charge in [0.25, 0.3) is 0 Å². The fourth-order valence-corrected chi connectivity index (χ4v) is 2.94. The van der Waals surface area contributed by atoms with Crippen LogP contribution in [-0.2, 0) is 0 Å². The lowest BCUT2D eigenvalue weighted by molar-refractivity contribution is 0.0735. The Bertz CT molecular complexity index is 1020. The maximum atomic E-state index is 12.6. The van der Waals surface area contributed by atoms with E-state index in [1.165, 1.54) is 0 Å². The van der Waals surface area contributed by atoms with Crippen LogP contribution in [0.5, 0.6) is 5.75 Å². The number of carbonyl (C=O) groups is 1. The van der Waals surface area contributed by atoms with Gasteiger partial charge in [-0.25, -0.2) is 4.79 Å². The van der Waals surface area contributed by atoms with Crippen molar-refractivity contribution in [2.45, 2.75) is 0 Å². The molecule has 3 N–H and O–H groups in total. The van der Waals surface area contributed by atoms with E-state index in [1.807, 2.05) is 36.4 Å². The molecular weight excluding hydrogens is 414 g/mol. The Morgan fingerprint density at radius 2 is 1.92 bits per heavy atom. The van der Waals surface area contributed by atoms with E-state index in [1.54, 1.807) is 30.5 Å². The normalized spacial score (nSPS) is 10.8. The van der Waals surface area contributed by atoms with Gasteiger partial charge < -0.3 is 10.5 Å². The van der Waals surface area contributed by atoms with Crippen LogP contribution in [0, 0.1) is 0 Å². The van der Waals surface area contributed by atoms with Crippen LogP contribution in [-0.4, -0.2) is 17.3 Å². The largest absolute Gasteiger partial charge is 0.422 e. The van der Waals surface area contributed by atoms with Crippen molar-refractivity contribution in [3.8, 4) is 5.75 Å². The molecule has 0 fully saturated rings. The van der Waals surface area contributed by atoms with Gasteiger partial charge in [0.05, 0.1) is 16.3 Å². The summed E-state index contributed by atoms with van der Waals surface area (Å²) in [5, 5.41) is 5.80. The molecule has 0 atom stereocenters. The van der Waals surface area contributed by atoms with E-state index in [0.29, 0.717) is 15.8 Å². The summed E-state index contributed by atoms with van der Waals surface area (Å²) in [6.45, 7) is 0. The third kappa shape index (κ3) is 4.25. The fraction of sp³-hybridized carbons (Fsp3) is 0. The minimum atomic E-state index is -0.418. The molecule has 130 valence electrons. The molecule has 0 aliphatic carbocycles. The zero-order valence-corrected chi connectivity index (χ0v) is 15.9. The smallest absolute Gasteiger partial charge is 0.344 e. The van der Waals surface area contributed by atoms with Crippen LogP contribution in [0.2, 0.25) is 0 Å². The van der Waals surface area contributed by atoms with Crippen LogP contribution in [0.25, 0.3) is 10.8 Å². The highest BCUT2D eigenvalue weighted by Gasteiger charge is 2.14. The Labute approximate surface area is 164 Å². The molecule has 0 amide bonds. The summed E-state index contributed by atoms with van der Waals surface area (Å²) in [7, 11) is 0. The second-order valence-electron chi connectivity index (χ2n) is 5.34. The zero-order valence-electron chi connectivity index (χ0n) is 13.5. The quantitative estimate of drug-likeness (QED) is 0.216. The van der Waals surface area contributed by atoms with Crippen LogP contribution in [0.3, 0.4) is 0 Å². The minimum Gasteiger partial charge on any atom is -0.422 e. The number of thiocarbonyl (C=S) groups is 1. The van der Waals surface area contributed by atoms with Gasteiger partial charge in [0.1, 0.15) is 5.75 Å². The predicted molar refractivity (Wildman–Crippen MR) is 111 cm³/mol. The van der Waals surface area contributed by atoms with Crippen molar-refractivity contribution in [2.75, 3.05) is 0 Å². The zero-order chi connectivity index (χ0) is 18.5. The second kappa shape index (κ2) is 8.07. The van der Waals surface area contributed by atoms with E-state index in [9.17, 15) is 4.79 Å². The Morgan fingerprint density at radius 3 is 2.69 bits per heavy atom. The topological polar surface area (TPSA) is 76.7 Å². The number of hydrogen-bond donors (Lipinski definition) is 2. The number of benzene rings is 3. The van der Waals surface area contributed by atoms with Gasteiger partial charge in [0.2, 0.25) is 0 Å². The van der Waals surface area contributed by atoms with Crippen LogP contribution in [0.4, 0.5) is 0 Å². The van der Waals surface area contributed by atoms with E-state index in [2.05, 4.69) is 38.7 Å². The molecule has 0 aliphatic rings. The van der Waals surface area contributed by atoms with E-state index in [4.69, 9.17) is 10.5 Å². The number of nitrogens with one attached hydrogen (secondary N) is 1. The standard InChI is InChI=1S/C19H14BrN3O2S/c20-16-10-12(11-22-23-19(21)26)8-9-17(16)25-18(24)15-7-3-5-13-4-1-2-6-14(13)15/h1-11H,(H3,21,23,26)/b22-11+. The van der Waals surface area contributed by atoms with Gasteiger partial charge in [0, 0.05) is 0 Å². The molecule has 0 radical (unpaired) electrons. The fourth-order valence-electron chi connectivity index (χ4n) is 2.41. The molecule has 0 saturated heterocycles. The molecule has 5 nitrogen and oxygen atoms in total. The van der Waals surface area contributed by atoms with Gasteiger partial charge in [0.15, 0.2) is 5.11 Å². The van der Waals surface area contributed by atoms with E-state index >= 15 is 0 Å². The summed E-state index contributed by atoms with van der Waals surface area (Å²) in [6.07, 6.45) is 1.56. The van der Waals surface area contributed by atoms with Crippen molar-refractivity contribution < 1.29 is 9.53 Å². The molecule has 0 aromatic heterocycles. The highest BCUT2D eigenvalue weighted by Crippen LogP contribution is 2.27. The summed E-state index contributed by atoms with van der Waals surface area (Å²) < 4.78 is 6.18. The number of fused-ring (bicyclic) bond motifs is 1. The number of halogens is 1. The lowest BCUT2D eigenvalue weighted by Crippen LogP contribution is -2.23. The molecule has 0 bridgehead atoms. The Hall–Kier alpha value is -2.77. The summed E-state index contributed by atoms with van der Waals surface area (Å²) in [5.74, 6) is 0.00135. The minimum absolute atomic E-state index is 0.0842. The van der Waals surface area contributed by atoms with Crippen molar-refractivity contribution in [2.24, 2.45) is 10.8 Å². The first-order valence-electron chi connectivity index (χ1n) is 7.62. The number of hydrogen-bond acceptors (Lipinski definition) is 4. The van der Waals surface area contributed by atoms with Crippen LogP contribution in [0.15, 0.2) is 70.2 Å². The first kappa shape index (κ1) is 18.0. The highest BCUT2D eigenvalue weighted by atomic mass is 79.9. The van der Waals surface area contributed by atoms with Crippen LogP contribution in [0.1, 0.15) is 15.9 Å². The molecule has 3 aromatic carbocycles. The van der Waals surface area contributed by atoms with Gasteiger partial charge in [-0.05, 0) is 68.7 Å². The van der Waals surface area contributed by atoms with Gasteiger partial charge in [-0.1, -0.05) is 36.4 Å². The molecule has 0 saturated carbocycles. The lowest BCUT2D eigenvalue weighted by atomic mass is 10.0. The lowest BCUT2D eigenvalue weighted by Gasteiger charge is -2.09. The average Bonchev–Trinajstić information content (AvgIpc) is 2.63. The van der Waals surface area contributed by atoms with Gasteiger partial charge >= 0.3 is 5.97 Å². The van der Waals surface area contributed by atoms with E-state index < -0.39 is 5.97 Å². The molecule has 7 heteroatoms. The average molecular weight is 428 g/mol. The Balaban J connectivity index is 1.81. The molecule has 0 heterocycles. The summed E-state index contributed by atoms with van der Waals surface area (Å²) in [5.41, 5.74) is 9.07. The summed E-state index contributed by atoms with van der Waals surface area (Å²) in [4.78, 5) is 12.6. The Kier molecular flexibility index (Phi) is 5.60. The van der Waals surface area contributed by atoms with E-state index in [0.717, 1.165) is 16.3 Å². The van der Waals surface area contributed by atoms with Crippen molar-refractivity contribution in [1.29, 1.82) is 0 Å². The number of carbonyl (C=O) groups excluding carboxylic acids is 1. The third-order valence-corrected chi connectivity index (χ3v) is 4.27.